The lowest BCUT2D eigenvalue weighted by Crippen LogP contribution is -2.01. The van der Waals surface area contributed by atoms with E-state index < -0.39 is 0 Å². The standard InChI is InChI=1S/C10H10N2OS2/c1-2-3-8-10(15-12-11-8)9(13)7-4-5-14-6-7/h4-6H,2-3H2,1H3. The van der Waals surface area contributed by atoms with Crippen molar-refractivity contribution in [3.05, 3.63) is 33.0 Å². The first-order valence-electron chi connectivity index (χ1n) is 4.71. The van der Waals surface area contributed by atoms with Crippen LogP contribution in [-0.4, -0.2) is 15.4 Å². The maximum absolute atomic E-state index is 12.0. The quantitative estimate of drug-likeness (QED) is 0.769. The van der Waals surface area contributed by atoms with Crippen LogP contribution in [0.5, 0.6) is 0 Å². The molecule has 0 aliphatic heterocycles. The van der Waals surface area contributed by atoms with Gasteiger partial charge in [-0.1, -0.05) is 17.8 Å². The summed E-state index contributed by atoms with van der Waals surface area (Å²) in [5.74, 6) is 0.0506. The third-order valence-corrected chi connectivity index (χ3v) is 3.48. The van der Waals surface area contributed by atoms with E-state index in [9.17, 15) is 4.79 Å². The molecule has 5 heteroatoms. The topological polar surface area (TPSA) is 42.9 Å². The molecule has 0 unspecified atom stereocenters. The van der Waals surface area contributed by atoms with Crippen LogP contribution in [0.15, 0.2) is 16.8 Å². The normalized spacial score (nSPS) is 10.5. The third kappa shape index (κ3) is 2.13. The number of carbonyl (C=O) groups is 1. The predicted molar refractivity (Wildman–Crippen MR) is 61.7 cm³/mol. The van der Waals surface area contributed by atoms with E-state index in [1.54, 1.807) is 0 Å². The molecule has 0 aliphatic rings. The number of nitrogens with zero attached hydrogens (tertiary/aromatic N) is 2. The van der Waals surface area contributed by atoms with Gasteiger partial charge in [-0.2, -0.15) is 11.3 Å². The van der Waals surface area contributed by atoms with Crippen molar-refractivity contribution in [1.29, 1.82) is 0 Å². The molecule has 0 spiro atoms. The Morgan fingerprint density at radius 3 is 3.07 bits per heavy atom. The average molecular weight is 238 g/mol. The highest BCUT2D eigenvalue weighted by Gasteiger charge is 2.17. The van der Waals surface area contributed by atoms with E-state index >= 15 is 0 Å². The van der Waals surface area contributed by atoms with Crippen molar-refractivity contribution in [2.24, 2.45) is 0 Å². The van der Waals surface area contributed by atoms with Crippen LogP contribution in [0, 0.1) is 0 Å². The van der Waals surface area contributed by atoms with E-state index in [0.717, 1.165) is 24.1 Å². The summed E-state index contributed by atoms with van der Waals surface area (Å²) in [5.41, 5.74) is 1.57. The van der Waals surface area contributed by atoms with Crippen molar-refractivity contribution in [3.63, 3.8) is 0 Å². The molecule has 0 atom stereocenters. The summed E-state index contributed by atoms with van der Waals surface area (Å²) in [5, 5.41) is 7.75. The van der Waals surface area contributed by atoms with E-state index in [1.807, 2.05) is 16.8 Å². The molecule has 3 nitrogen and oxygen atoms in total. The zero-order chi connectivity index (χ0) is 10.7. The van der Waals surface area contributed by atoms with E-state index in [2.05, 4.69) is 16.5 Å². The average Bonchev–Trinajstić information content (AvgIpc) is 2.87. The Hall–Kier alpha value is -1.07. The SMILES string of the molecule is CCCc1nnsc1C(=O)c1ccsc1. The minimum Gasteiger partial charge on any atom is -0.288 e. The van der Waals surface area contributed by atoms with Gasteiger partial charge in [-0.15, -0.1) is 5.10 Å². The summed E-state index contributed by atoms with van der Waals surface area (Å²) in [6.45, 7) is 2.07. The van der Waals surface area contributed by atoms with E-state index in [4.69, 9.17) is 0 Å². The Morgan fingerprint density at radius 2 is 2.40 bits per heavy atom. The molecule has 0 saturated heterocycles. The first kappa shape index (κ1) is 10.4. The lowest BCUT2D eigenvalue weighted by atomic mass is 10.1. The molecule has 78 valence electrons. The Labute approximate surface area is 95.9 Å². The van der Waals surface area contributed by atoms with Crippen molar-refractivity contribution in [3.8, 4) is 0 Å². The fraction of sp³-hybridized carbons (Fsp3) is 0.300. The van der Waals surface area contributed by atoms with Crippen molar-refractivity contribution in [2.75, 3.05) is 0 Å². The molecule has 2 heterocycles. The summed E-state index contributed by atoms with van der Waals surface area (Å²) in [6, 6.07) is 1.84. The number of rotatable bonds is 4. The van der Waals surface area contributed by atoms with Gasteiger partial charge in [0, 0.05) is 10.9 Å². The highest BCUT2D eigenvalue weighted by atomic mass is 32.1. The van der Waals surface area contributed by atoms with Crippen molar-refractivity contribution >= 4 is 28.7 Å². The Bertz CT molecular complexity index is 448. The molecule has 15 heavy (non-hydrogen) atoms. The molecular weight excluding hydrogens is 228 g/mol. The number of ketones is 1. The fourth-order valence-corrected chi connectivity index (χ4v) is 2.61. The fourth-order valence-electron chi connectivity index (χ4n) is 1.31. The van der Waals surface area contributed by atoms with Gasteiger partial charge in [0.1, 0.15) is 4.88 Å². The van der Waals surface area contributed by atoms with Gasteiger partial charge in [0.2, 0.25) is 5.78 Å². The van der Waals surface area contributed by atoms with Crippen molar-refractivity contribution in [2.45, 2.75) is 19.8 Å². The van der Waals surface area contributed by atoms with Gasteiger partial charge in [0.25, 0.3) is 0 Å². The number of aryl methyl sites for hydroxylation is 1. The highest BCUT2D eigenvalue weighted by Crippen LogP contribution is 2.19. The monoisotopic (exact) mass is 238 g/mol. The van der Waals surface area contributed by atoms with Gasteiger partial charge in [-0.3, -0.25) is 4.79 Å². The van der Waals surface area contributed by atoms with Gasteiger partial charge in [0.05, 0.1) is 5.69 Å². The van der Waals surface area contributed by atoms with Gasteiger partial charge in [-0.25, -0.2) is 0 Å². The minimum atomic E-state index is 0.0506. The van der Waals surface area contributed by atoms with E-state index in [1.165, 1.54) is 22.9 Å². The van der Waals surface area contributed by atoms with E-state index in [-0.39, 0.29) is 5.78 Å². The van der Waals surface area contributed by atoms with Crippen LogP contribution in [0.2, 0.25) is 0 Å². The smallest absolute Gasteiger partial charge is 0.207 e. The summed E-state index contributed by atoms with van der Waals surface area (Å²) < 4.78 is 3.85. The molecule has 0 radical (unpaired) electrons. The molecular formula is C10H10N2OS2. The van der Waals surface area contributed by atoms with Crippen LogP contribution in [0.3, 0.4) is 0 Å². The van der Waals surface area contributed by atoms with E-state index in [0.29, 0.717) is 4.88 Å². The highest BCUT2D eigenvalue weighted by molar-refractivity contribution is 7.09. The number of hydrogen-bond donors (Lipinski definition) is 0. The zero-order valence-electron chi connectivity index (χ0n) is 8.27. The molecule has 0 bridgehead atoms. The predicted octanol–water partition coefficient (Wildman–Crippen LogP) is 2.78. The minimum absolute atomic E-state index is 0.0506. The molecule has 0 aromatic carbocycles. The van der Waals surface area contributed by atoms with Crippen LogP contribution in [0.1, 0.15) is 34.3 Å². The van der Waals surface area contributed by atoms with Crippen LogP contribution in [0.25, 0.3) is 0 Å². The molecule has 2 aromatic heterocycles. The molecule has 0 fully saturated rings. The molecule has 2 rings (SSSR count). The molecule has 2 aromatic rings. The summed E-state index contributed by atoms with van der Waals surface area (Å²) >= 11 is 2.72. The number of aromatic nitrogens is 2. The number of carbonyl (C=O) groups excluding carboxylic acids is 1. The first-order valence-corrected chi connectivity index (χ1v) is 6.42. The molecule has 0 aliphatic carbocycles. The van der Waals surface area contributed by atoms with Crippen molar-refractivity contribution < 1.29 is 4.79 Å². The summed E-state index contributed by atoms with van der Waals surface area (Å²) in [4.78, 5) is 12.7. The van der Waals surface area contributed by atoms with Crippen LogP contribution in [0.4, 0.5) is 0 Å². The second-order valence-electron chi connectivity index (χ2n) is 3.14. The Balaban J connectivity index is 2.29. The Kier molecular flexibility index (Phi) is 3.23. The number of hydrogen-bond acceptors (Lipinski definition) is 5. The first-order chi connectivity index (χ1) is 7.33. The van der Waals surface area contributed by atoms with Gasteiger partial charge in [-0.05, 0) is 29.4 Å². The largest absolute Gasteiger partial charge is 0.288 e. The number of thiophene rings is 1. The maximum atomic E-state index is 12.0. The third-order valence-electron chi connectivity index (χ3n) is 2.03. The molecule has 0 N–H and O–H groups in total. The van der Waals surface area contributed by atoms with Gasteiger partial charge >= 0.3 is 0 Å². The Morgan fingerprint density at radius 1 is 1.53 bits per heavy atom. The summed E-state index contributed by atoms with van der Waals surface area (Å²) in [7, 11) is 0. The second kappa shape index (κ2) is 4.63. The second-order valence-corrected chi connectivity index (χ2v) is 4.67. The molecule has 0 amide bonds. The van der Waals surface area contributed by atoms with Gasteiger partial charge < -0.3 is 0 Å². The van der Waals surface area contributed by atoms with Gasteiger partial charge in [0.15, 0.2) is 0 Å². The van der Waals surface area contributed by atoms with Crippen LogP contribution in [-0.2, 0) is 6.42 Å². The summed E-state index contributed by atoms with van der Waals surface area (Å²) in [6.07, 6.45) is 1.80. The van der Waals surface area contributed by atoms with Crippen LogP contribution < -0.4 is 0 Å². The van der Waals surface area contributed by atoms with Crippen molar-refractivity contribution in [1.82, 2.24) is 9.59 Å². The van der Waals surface area contributed by atoms with Crippen LogP contribution >= 0.6 is 22.9 Å². The lowest BCUT2D eigenvalue weighted by Gasteiger charge is -1.96. The maximum Gasteiger partial charge on any atom is 0.207 e. The molecule has 0 saturated carbocycles. The zero-order valence-corrected chi connectivity index (χ0v) is 9.90. The lowest BCUT2D eigenvalue weighted by molar-refractivity contribution is 0.104.